The number of nitrogens with zero attached hydrogens (tertiary/aromatic N) is 4. The second-order valence-electron chi connectivity index (χ2n) is 7.11. The molecule has 2 aromatic rings. The zero-order chi connectivity index (χ0) is 19.1. The molecule has 7 heteroatoms. The van der Waals surface area contributed by atoms with Crippen LogP contribution in [0.5, 0.6) is 0 Å². The molecule has 146 valence electrons. The van der Waals surface area contributed by atoms with Gasteiger partial charge in [-0.25, -0.2) is 4.99 Å². The predicted molar refractivity (Wildman–Crippen MR) is 106 cm³/mol. The first kappa shape index (κ1) is 19.4. The molecule has 2 heterocycles. The summed E-state index contributed by atoms with van der Waals surface area (Å²) in [5.41, 5.74) is 2.72. The first-order valence-corrected chi connectivity index (χ1v) is 9.74. The van der Waals surface area contributed by atoms with Crippen LogP contribution in [0, 0.1) is 13.8 Å². The van der Waals surface area contributed by atoms with E-state index in [-0.39, 0.29) is 0 Å². The number of hydrogen-bond donors (Lipinski definition) is 2. The normalized spacial score (nSPS) is 16.5. The Hall–Kier alpha value is -2.41. The number of benzene rings is 1. The molecule has 1 saturated heterocycles. The molecule has 0 aliphatic carbocycles. The summed E-state index contributed by atoms with van der Waals surface area (Å²) in [6, 6.07) is 9.22. The fourth-order valence-electron chi connectivity index (χ4n) is 3.37. The van der Waals surface area contributed by atoms with Gasteiger partial charge in [0.1, 0.15) is 6.54 Å². The van der Waals surface area contributed by atoms with Crippen LogP contribution in [0.3, 0.4) is 0 Å². The van der Waals surface area contributed by atoms with Crippen molar-refractivity contribution in [2.45, 2.75) is 52.7 Å². The SMILES string of the molecule is CCNC(=NCc1noc(C)n1)NC1CCN(Cc2cccc(C)c2)CC1. The van der Waals surface area contributed by atoms with Gasteiger partial charge in [0.25, 0.3) is 0 Å². The van der Waals surface area contributed by atoms with Crippen molar-refractivity contribution < 1.29 is 4.52 Å². The molecule has 7 nitrogen and oxygen atoms in total. The van der Waals surface area contributed by atoms with Crippen LogP contribution in [0.2, 0.25) is 0 Å². The van der Waals surface area contributed by atoms with E-state index in [1.54, 1.807) is 6.92 Å². The Kier molecular flexibility index (Phi) is 6.81. The van der Waals surface area contributed by atoms with Gasteiger partial charge in [-0.1, -0.05) is 35.0 Å². The predicted octanol–water partition coefficient (Wildman–Crippen LogP) is 2.41. The maximum atomic E-state index is 5.00. The third-order valence-corrected chi connectivity index (χ3v) is 4.71. The van der Waals surface area contributed by atoms with Gasteiger partial charge in [-0.05, 0) is 32.3 Å². The van der Waals surface area contributed by atoms with E-state index in [2.05, 4.69) is 68.8 Å². The molecule has 1 aromatic carbocycles. The number of likely N-dealkylation sites (tertiary alicyclic amines) is 1. The topological polar surface area (TPSA) is 78.6 Å². The summed E-state index contributed by atoms with van der Waals surface area (Å²) in [6.45, 7) is 10.5. The summed E-state index contributed by atoms with van der Waals surface area (Å²) in [7, 11) is 0. The average molecular weight is 371 g/mol. The molecule has 0 saturated carbocycles. The van der Waals surface area contributed by atoms with Crippen LogP contribution >= 0.6 is 0 Å². The highest BCUT2D eigenvalue weighted by Crippen LogP contribution is 2.14. The Morgan fingerprint density at radius 3 is 2.78 bits per heavy atom. The van der Waals surface area contributed by atoms with Crippen molar-refractivity contribution >= 4 is 5.96 Å². The number of aromatic nitrogens is 2. The van der Waals surface area contributed by atoms with E-state index in [1.165, 1.54) is 11.1 Å². The number of piperidine rings is 1. The molecule has 1 aromatic heterocycles. The summed E-state index contributed by atoms with van der Waals surface area (Å²) in [4.78, 5) is 11.3. The zero-order valence-electron chi connectivity index (χ0n) is 16.5. The van der Waals surface area contributed by atoms with E-state index < -0.39 is 0 Å². The van der Waals surface area contributed by atoms with E-state index in [9.17, 15) is 0 Å². The van der Waals surface area contributed by atoms with Gasteiger partial charge in [-0.2, -0.15) is 4.98 Å². The van der Waals surface area contributed by atoms with Crippen LogP contribution in [0.4, 0.5) is 0 Å². The van der Waals surface area contributed by atoms with Crippen LogP contribution in [-0.4, -0.2) is 46.7 Å². The Morgan fingerprint density at radius 1 is 1.30 bits per heavy atom. The maximum Gasteiger partial charge on any atom is 0.223 e. The van der Waals surface area contributed by atoms with Crippen LogP contribution in [-0.2, 0) is 13.1 Å². The highest BCUT2D eigenvalue weighted by Gasteiger charge is 2.20. The number of aliphatic imine (C=N–C) groups is 1. The average Bonchev–Trinajstić information content (AvgIpc) is 3.07. The van der Waals surface area contributed by atoms with Crippen molar-refractivity contribution in [1.82, 2.24) is 25.7 Å². The smallest absolute Gasteiger partial charge is 0.223 e. The van der Waals surface area contributed by atoms with Gasteiger partial charge in [-0.3, -0.25) is 4.90 Å². The molecule has 1 aliphatic rings. The summed E-state index contributed by atoms with van der Waals surface area (Å²) in [5.74, 6) is 1.99. The first-order chi connectivity index (χ1) is 13.1. The lowest BCUT2D eigenvalue weighted by Gasteiger charge is -2.33. The molecule has 0 bridgehead atoms. The molecule has 1 fully saturated rings. The lowest BCUT2D eigenvalue weighted by Crippen LogP contribution is -2.48. The molecule has 0 unspecified atom stereocenters. The Bertz CT molecular complexity index is 748. The van der Waals surface area contributed by atoms with E-state index in [4.69, 9.17) is 4.52 Å². The Morgan fingerprint density at radius 2 is 2.11 bits per heavy atom. The molecule has 3 rings (SSSR count). The number of nitrogens with one attached hydrogen (secondary N) is 2. The van der Waals surface area contributed by atoms with Crippen molar-refractivity contribution in [1.29, 1.82) is 0 Å². The lowest BCUT2D eigenvalue weighted by atomic mass is 10.0. The van der Waals surface area contributed by atoms with E-state index in [0.29, 0.717) is 24.3 Å². The van der Waals surface area contributed by atoms with Gasteiger partial charge in [0.15, 0.2) is 11.8 Å². The summed E-state index contributed by atoms with van der Waals surface area (Å²) in [5, 5.41) is 10.8. The summed E-state index contributed by atoms with van der Waals surface area (Å²) < 4.78 is 5.00. The van der Waals surface area contributed by atoms with Crippen LogP contribution in [0.25, 0.3) is 0 Å². The van der Waals surface area contributed by atoms with Crippen LogP contribution < -0.4 is 10.6 Å². The van der Waals surface area contributed by atoms with Gasteiger partial charge >= 0.3 is 0 Å². The second kappa shape index (κ2) is 9.50. The minimum atomic E-state index is 0.416. The molecule has 1 aliphatic heterocycles. The van der Waals surface area contributed by atoms with Crippen molar-refractivity contribution in [2.75, 3.05) is 19.6 Å². The van der Waals surface area contributed by atoms with Crippen molar-refractivity contribution in [3.05, 3.63) is 47.1 Å². The Balaban J connectivity index is 1.48. The van der Waals surface area contributed by atoms with Gasteiger partial charge in [0.2, 0.25) is 5.89 Å². The molecule has 0 spiro atoms. The number of rotatable bonds is 6. The highest BCUT2D eigenvalue weighted by molar-refractivity contribution is 5.80. The van der Waals surface area contributed by atoms with E-state index in [1.807, 2.05) is 0 Å². The minimum Gasteiger partial charge on any atom is -0.357 e. The maximum absolute atomic E-state index is 5.00. The standard InChI is InChI=1S/C20H30N6O/c1-4-21-20(22-13-19-23-16(3)27-25-19)24-18-8-10-26(11-9-18)14-17-7-5-6-15(2)12-17/h5-7,12,18H,4,8-11,13-14H2,1-3H3,(H2,21,22,24). The summed E-state index contributed by atoms with van der Waals surface area (Å²) >= 11 is 0. The summed E-state index contributed by atoms with van der Waals surface area (Å²) in [6.07, 6.45) is 2.22. The number of hydrogen-bond acceptors (Lipinski definition) is 5. The quantitative estimate of drug-likeness (QED) is 0.601. The highest BCUT2D eigenvalue weighted by atomic mass is 16.5. The third kappa shape index (κ3) is 6.06. The second-order valence-corrected chi connectivity index (χ2v) is 7.11. The molecule has 0 atom stereocenters. The molecule has 0 radical (unpaired) electrons. The molecule has 0 amide bonds. The molecule has 27 heavy (non-hydrogen) atoms. The molecular formula is C20H30N6O. The van der Waals surface area contributed by atoms with Gasteiger partial charge in [0, 0.05) is 39.1 Å². The van der Waals surface area contributed by atoms with Crippen molar-refractivity contribution in [3.63, 3.8) is 0 Å². The first-order valence-electron chi connectivity index (χ1n) is 9.74. The van der Waals surface area contributed by atoms with Gasteiger partial charge < -0.3 is 15.2 Å². The Labute approximate surface area is 161 Å². The minimum absolute atomic E-state index is 0.416. The van der Waals surface area contributed by atoms with Gasteiger partial charge in [0.05, 0.1) is 0 Å². The van der Waals surface area contributed by atoms with Crippen molar-refractivity contribution in [3.8, 4) is 0 Å². The lowest BCUT2D eigenvalue weighted by molar-refractivity contribution is 0.198. The third-order valence-electron chi connectivity index (χ3n) is 4.71. The monoisotopic (exact) mass is 370 g/mol. The largest absolute Gasteiger partial charge is 0.357 e. The molecule has 2 N–H and O–H groups in total. The molecular weight excluding hydrogens is 340 g/mol. The fraction of sp³-hybridized carbons (Fsp3) is 0.550. The number of guanidine groups is 1. The van der Waals surface area contributed by atoms with E-state index in [0.717, 1.165) is 45.0 Å². The zero-order valence-corrected chi connectivity index (χ0v) is 16.5. The fourth-order valence-corrected chi connectivity index (χ4v) is 3.37. The van der Waals surface area contributed by atoms with E-state index >= 15 is 0 Å². The number of aryl methyl sites for hydroxylation is 2. The van der Waals surface area contributed by atoms with Crippen molar-refractivity contribution in [2.24, 2.45) is 4.99 Å². The van der Waals surface area contributed by atoms with Gasteiger partial charge in [-0.15, -0.1) is 0 Å². The van der Waals surface area contributed by atoms with Crippen LogP contribution in [0.15, 0.2) is 33.8 Å². The van der Waals surface area contributed by atoms with Crippen LogP contribution in [0.1, 0.15) is 42.6 Å².